The molecule has 6 heteroatoms. The highest BCUT2D eigenvalue weighted by atomic mass is 127. The third-order valence-electron chi connectivity index (χ3n) is 2.99. The highest BCUT2D eigenvalue weighted by Crippen LogP contribution is 2.20. The molecule has 0 saturated carbocycles. The molecule has 0 bridgehead atoms. The van der Waals surface area contributed by atoms with Gasteiger partial charge in [0.2, 0.25) is 0 Å². The molecule has 0 aromatic heterocycles. The molecule has 0 heterocycles. The van der Waals surface area contributed by atoms with Crippen LogP contribution in [0.3, 0.4) is 0 Å². The summed E-state index contributed by atoms with van der Waals surface area (Å²) in [5.41, 5.74) is -0.831. The number of nitrogens with one attached hydrogen (secondary N) is 1. The molecule has 1 atom stereocenters. The molecule has 0 aliphatic rings. The fraction of sp³-hybridized carbons (Fsp3) is 0.385. The van der Waals surface area contributed by atoms with Gasteiger partial charge in [-0.1, -0.05) is 6.92 Å². The van der Waals surface area contributed by atoms with Gasteiger partial charge in [-0.2, -0.15) is 0 Å². The fourth-order valence-corrected chi connectivity index (χ4v) is 2.15. The van der Waals surface area contributed by atoms with E-state index in [0.717, 1.165) is 0 Å². The van der Waals surface area contributed by atoms with Gasteiger partial charge in [-0.3, -0.25) is 4.79 Å². The van der Waals surface area contributed by atoms with Crippen LogP contribution in [0.2, 0.25) is 0 Å². The molecule has 0 aliphatic carbocycles. The number of hydrogen-bond donors (Lipinski definition) is 2. The van der Waals surface area contributed by atoms with Crippen molar-refractivity contribution in [2.24, 2.45) is 0 Å². The molecule has 19 heavy (non-hydrogen) atoms. The minimum absolute atomic E-state index is 0.306. The number of aliphatic carboxylic acids is 1. The first-order chi connectivity index (χ1) is 8.84. The molecule has 0 aliphatic heterocycles. The number of carbonyl (C=O) groups excluding carboxylic acids is 1. The number of hydrogen-bond acceptors (Lipinski definition) is 3. The number of methoxy groups -OCH3 is 1. The van der Waals surface area contributed by atoms with Crippen molar-refractivity contribution >= 4 is 34.5 Å². The minimum Gasteiger partial charge on any atom is -0.497 e. The van der Waals surface area contributed by atoms with Gasteiger partial charge >= 0.3 is 5.97 Å². The van der Waals surface area contributed by atoms with Crippen LogP contribution in [0.5, 0.6) is 5.75 Å². The van der Waals surface area contributed by atoms with Crippen LogP contribution in [0.15, 0.2) is 18.2 Å². The molecule has 1 aromatic rings. The van der Waals surface area contributed by atoms with Crippen molar-refractivity contribution < 1.29 is 19.4 Å². The van der Waals surface area contributed by atoms with Gasteiger partial charge in [-0.05, 0) is 54.1 Å². The standard InChI is InChI=1S/C13H16INO4/c1-4-13(2,12(17)18)15-11(16)9-6-5-8(19-3)7-10(9)14/h5-7H,4H2,1-3H3,(H,15,16)(H,17,18). The number of carboxylic acid groups (broad SMARTS) is 1. The van der Waals surface area contributed by atoms with Crippen molar-refractivity contribution in [1.29, 1.82) is 0 Å². The lowest BCUT2D eigenvalue weighted by molar-refractivity contribution is -0.143. The average molecular weight is 377 g/mol. The summed E-state index contributed by atoms with van der Waals surface area (Å²) in [6, 6.07) is 5.01. The van der Waals surface area contributed by atoms with Gasteiger partial charge in [0.05, 0.1) is 12.7 Å². The third kappa shape index (κ3) is 3.59. The van der Waals surface area contributed by atoms with Gasteiger partial charge in [0.15, 0.2) is 0 Å². The fourth-order valence-electron chi connectivity index (χ4n) is 1.42. The maximum atomic E-state index is 12.1. The molecule has 104 valence electrons. The molecule has 0 saturated heterocycles. The van der Waals surface area contributed by atoms with Gasteiger partial charge < -0.3 is 15.2 Å². The summed E-state index contributed by atoms with van der Waals surface area (Å²) in [5, 5.41) is 11.7. The van der Waals surface area contributed by atoms with E-state index < -0.39 is 17.4 Å². The molecule has 1 amide bonds. The summed E-state index contributed by atoms with van der Waals surface area (Å²) in [5.74, 6) is -0.803. The average Bonchev–Trinajstić information content (AvgIpc) is 2.37. The zero-order chi connectivity index (χ0) is 14.6. The molecule has 1 rings (SSSR count). The van der Waals surface area contributed by atoms with E-state index in [9.17, 15) is 9.59 Å². The van der Waals surface area contributed by atoms with E-state index in [1.165, 1.54) is 6.92 Å². The molecular formula is C13H16INO4. The molecule has 0 fully saturated rings. The van der Waals surface area contributed by atoms with Gasteiger partial charge in [-0.15, -0.1) is 0 Å². The number of ether oxygens (including phenoxy) is 1. The van der Waals surface area contributed by atoms with E-state index in [1.807, 2.05) is 22.6 Å². The monoisotopic (exact) mass is 377 g/mol. The SMILES string of the molecule is CCC(C)(NC(=O)c1ccc(OC)cc1I)C(=O)O. The predicted octanol–water partition coefficient (Wildman–Crippen LogP) is 2.28. The number of benzene rings is 1. The molecule has 2 N–H and O–H groups in total. The van der Waals surface area contributed by atoms with Crippen LogP contribution in [0, 0.1) is 3.57 Å². The van der Waals surface area contributed by atoms with E-state index in [-0.39, 0.29) is 0 Å². The van der Waals surface area contributed by atoms with Crippen LogP contribution in [-0.4, -0.2) is 29.6 Å². The van der Waals surface area contributed by atoms with Crippen molar-refractivity contribution in [2.75, 3.05) is 7.11 Å². The second kappa shape index (κ2) is 6.23. The van der Waals surface area contributed by atoms with E-state index in [1.54, 1.807) is 32.2 Å². The van der Waals surface area contributed by atoms with Crippen LogP contribution < -0.4 is 10.1 Å². The van der Waals surface area contributed by atoms with Crippen LogP contribution in [0.25, 0.3) is 0 Å². The first kappa shape index (κ1) is 15.7. The molecule has 0 spiro atoms. The van der Waals surface area contributed by atoms with Gasteiger partial charge in [0.25, 0.3) is 5.91 Å². The van der Waals surface area contributed by atoms with Crippen molar-refractivity contribution in [3.63, 3.8) is 0 Å². The Morgan fingerprint density at radius 2 is 2.11 bits per heavy atom. The number of carbonyl (C=O) groups is 2. The smallest absolute Gasteiger partial charge is 0.329 e. The summed E-state index contributed by atoms with van der Waals surface area (Å²) in [4.78, 5) is 23.3. The topological polar surface area (TPSA) is 75.6 Å². The summed E-state index contributed by atoms with van der Waals surface area (Å²) < 4.78 is 5.77. The Morgan fingerprint density at radius 3 is 2.53 bits per heavy atom. The van der Waals surface area contributed by atoms with Crippen molar-refractivity contribution in [3.8, 4) is 5.75 Å². The Hall–Kier alpha value is -1.31. The lowest BCUT2D eigenvalue weighted by Gasteiger charge is -2.24. The summed E-state index contributed by atoms with van der Waals surface area (Å²) in [7, 11) is 1.55. The highest BCUT2D eigenvalue weighted by molar-refractivity contribution is 14.1. The largest absolute Gasteiger partial charge is 0.497 e. The Morgan fingerprint density at radius 1 is 1.47 bits per heavy atom. The number of halogens is 1. The minimum atomic E-state index is -1.26. The summed E-state index contributed by atoms with van der Waals surface area (Å²) >= 11 is 2.02. The molecule has 1 unspecified atom stereocenters. The Kier molecular flexibility index (Phi) is 5.16. The van der Waals surface area contributed by atoms with Gasteiger partial charge in [0.1, 0.15) is 11.3 Å². The van der Waals surface area contributed by atoms with Gasteiger partial charge in [0, 0.05) is 3.57 Å². The summed E-state index contributed by atoms with van der Waals surface area (Å²) in [6.07, 6.45) is 0.306. The number of rotatable bonds is 5. The first-order valence-electron chi connectivity index (χ1n) is 5.73. The van der Waals surface area contributed by atoms with Crippen molar-refractivity contribution in [1.82, 2.24) is 5.32 Å². The van der Waals surface area contributed by atoms with Gasteiger partial charge in [-0.25, -0.2) is 4.79 Å². The van der Waals surface area contributed by atoms with Crippen molar-refractivity contribution in [3.05, 3.63) is 27.3 Å². The van der Waals surface area contributed by atoms with Crippen LogP contribution in [0.4, 0.5) is 0 Å². The maximum absolute atomic E-state index is 12.1. The zero-order valence-electron chi connectivity index (χ0n) is 11.0. The Balaban J connectivity index is 2.98. The van der Waals surface area contributed by atoms with E-state index in [4.69, 9.17) is 9.84 Å². The second-order valence-electron chi connectivity index (χ2n) is 4.29. The lowest BCUT2D eigenvalue weighted by Crippen LogP contribution is -2.51. The number of amides is 1. The normalized spacial score (nSPS) is 13.5. The Labute approximate surface area is 125 Å². The van der Waals surface area contributed by atoms with Crippen LogP contribution in [0.1, 0.15) is 30.6 Å². The van der Waals surface area contributed by atoms with Crippen LogP contribution >= 0.6 is 22.6 Å². The van der Waals surface area contributed by atoms with Crippen molar-refractivity contribution in [2.45, 2.75) is 25.8 Å². The third-order valence-corrected chi connectivity index (χ3v) is 3.88. The Bertz CT molecular complexity index is 503. The predicted molar refractivity (Wildman–Crippen MR) is 79.5 cm³/mol. The highest BCUT2D eigenvalue weighted by Gasteiger charge is 2.33. The van der Waals surface area contributed by atoms with E-state index >= 15 is 0 Å². The molecule has 1 aromatic carbocycles. The molecule has 0 radical (unpaired) electrons. The van der Waals surface area contributed by atoms with Crippen LogP contribution in [-0.2, 0) is 4.79 Å². The molecule has 5 nitrogen and oxygen atoms in total. The van der Waals surface area contributed by atoms with E-state index in [0.29, 0.717) is 21.3 Å². The summed E-state index contributed by atoms with van der Waals surface area (Å²) in [6.45, 7) is 3.21. The first-order valence-corrected chi connectivity index (χ1v) is 6.81. The maximum Gasteiger partial charge on any atom is 0.329 e. The zero-order valence-corrected chi connectivity index (χ0v) is 13.1. The lowest BCUT2D eigenvalue weighted by atomic mass is 9.98. The molecular weight excluding hydrogens is 361 g/mol. The van der Waals surface area contributed by atoms with E-state index in [2.05, 4.69) is 5.32 Å². The second-order valence-corrected chi connectivity index (χ2v) is 5.45. The number of carboxylic acids is 1. The quantitative estimate of drug-likeness (QED) is 0.773.